The molecule has 0 spiro atoms. The van der Waals surface area contributed by atoms with Crippen molar-refractivity contribution in [2.24, 2.45) is 0 Å². The van der Waals surface area contributed by atoms with Gasteiger partial charge in [0.25, 0.3) is 0 Å². The lowest BCUT2D eigenvalue weighted by Gasteiger charge is -2.07. The van der Waals surface area contributed by atoms with Crippen LogP contribution >= 0.6 is 0 Å². The normalized spacial score (nSPS) is 11.0. The van der Waals surface area contributed by atoms with Gasteiger partial charge in [0.05, 0.1) is 0 Å². The van der Waals surface area contributed by atoms with Gasteiger partial charge in [-0.2, -0.15) is 0 Å². The van der Waals surface area contributed by atoms with Crippen molar-refractivity contribution < 1.29 is 4.42 Å². The highest BCUT2D eigenvalue weighted by Gasteiger charge is 2.18. The minimum atomic E-state index is 1.05. The summed E-state index contributed by atoms with van der Waals surface area (Å²) in [6.07, 6.45) is 8.41. The van der Waals surface area contributed by atoms with Crippen molar-refractivity contribution in [2.75, 3.05) is 0 Å². The highest BCUT2D eigenvalue weighted by molar-refractivity contribution is 5.70. The van der Waals surface area contributed by atoms with Gasteiger partial charge >= 0.3 is 0 Å². The zero-order chi connectivity index (χ0) is 15.1. The van der Waals surface area contributed by atoms with E-state index in [1.807, 2.05) is 0 Å². The maximum atomic E-state index is 6.13. The highest BCUT2D eigenvalue weighted by Crippen LogP contribution is 2.34. The van der Waals surface area contributed by atoms with Gasteiger partial charge in [-0.15, -0.1) is 0 Å². The van der Waals surface area contributed by atoms with E-state index in [1.54, 1.807) is 0 Å². The Labute approximate surface area is 129 Å². The van der Waals surface area contributed by atoms with Crippen molar-refractivity contribution in [3.8, 4) is 11.1 Å². The molecule has 0 radical (unpaired) electrons. The molecular weight excluding hydrogens is 256 g/mol. The molecule has 1 nitrogen and oxygen atoms in total. The molecular formula is C20H28O. The first-order chi connectivity index (χ1) is 10.3. The quantitative estimate of drug-likeness (QED) is 0.516. The minimum Gasteiger partial charge on any atom is -0.465 e. The van der Waals surface area contributed by atoms with Crippen LogP contribution in [0.4, 0.5) is 0 Å². The highest BCUT2D eigenvalue weighted by atomic mass is 16.3. The topological polar surface area (TPSA) is 13.1 Å². The first kappa shape index (κ1) is 15.9. The predicted molar refractivity (Wildman–Crippen MR) is 90.7 cm³/mol. The zero-order valence-electron chi connectivity index (χ0n) is 13.7. The van der Waals surface area contributed by atoms with Gasteiger partial charge in [-0.3, -0.25) is 0 Å². The van der Waals surface area contributed by atoms with Gasteiger partial charge in [0.1, 0.15) is 11.5 Å². The Bertz CT molecular complexity index is 536. The van der Waals surface area contributed by atoms with Crippen LogP contribution in [-0.4, -0.2) is 0 Å². The standard InChI is InChI=1S/C20H28O/c1-4-6-9-14-18-16(3)21-19(15-7-5-2)20(18)17-12-10-8-11-13-17/h8,10-13H,4-7,9,14-15H2,1-3H3. The maximum Gasteiger partial charge on any atom is 0.112 e. The van der Waals surface area contributed by atoms with Gasteiger partial charge in [0, 0.05) is 17.5 Å². The Kier molecular flexibility index (Phi) is 6.10. The molecule has 114 valence electrons. The minimum absolute atomic E-state index is 1.05. The van der Waals surface area contributed by atoms with Crippen LogP contribution in [0.15, 0.2) is 34.7 Å². The Morgan fingerprint density at radius 3 is 2.24 bits per heavy atom. The lowest BCUT2D eigenvalue weighted by molar-refractivity contribution is 0.474. The van der Waals surface area contributed by atoms with Gasteiger partial charge < -0.3 is 4.42 Å². The molecule has 0 bridgehead atoms. The number of hydrogen-bond donors (Lipinski definition) is 0. The van der Waals surface area contributed by atoms with E-state index in [0.717, 1.165) is 18.6 Å². The fourth-order valence-electron chi connectivity index (χ4n) is 2.95. The summed E-state index contributed by atoms with van der Waals surface area (Å²) < 4.78 is 6.13. The lowest BCUT2D eigenvalue weighted by Crippen LogP contribution is -1.92. The van der Waals surface area contributed by atoms with Gasteiger partial charge in [0.15, 0.2) is 0 Å². The molecule has 1 aromatic carbocycles. The van der Waals surface area contributed by atoms with Crippen LogP contribution in [0, 0.1) is 6.92 Å². The molecule has 0 amide bonds. The van der Waals surface area contributed by atoms with Crippen molar-refractivity contribution in [1.29, 1.82) is 0 Å². The largest absolute Gasteiger partial charge is 0.465 e. The van der Waals surface area contributed by atoms with Gasteiger partial charge in [-0.1, -0.05) is 63.4 Å². The molecule has 2 aromatic rings. The molecule has 0 fully saturated rings. The average molecular weight is 284 g/mol. The van der Waals surface area contributed by atoms with Crippen LogP contribution < -0.4 is 0 Å². The van der Waals surface area contributed by atoms with Gasteiger partial charge in [0.2, 0.25) is 0 Å². The first-order valence-electron chi connectivity index (χ1n) is 8.44. The molecule has 0 N–H and O–H groups in total. The molecule has 1 heteroatoms. The second-order valence-electron chi connectivity index (χ2n) is 5.86. The fraction of sp³-hybridized carbons (Fsp3) is 0.500. The van der Waals surface area contributed by atoms with Crippen LogP contribution in [0.5, 0.6) is 0 Å². The summed E-state index contributed by atoms with van der Waals surface area (Å²) >= 11 is 0. The van der Waals surface area contributed by atoms with Crippen LogP contribution in [0.25, 0.3) is 11.1 Å². The predicted octanol–water partition coefficient (Wildman–Crippen LogP) is 6.33. The smallest absolute Gasteiger partial charge is 0.112 e. The van der Waals surface area contributed by atoms with Crippen molar-refractivity contribution in [1.82, 2.24) is 0 Å². The Morgan fingerprint density at radius 1 is 0.857 bits per heavy atom. The van der Waals surface area contributed by atoms with Crippen LogP contribution in [0.2, 0.25) is 0 Å². The van der Waals surface area contributed by atoms with E-state index in [2.05, 4.69) is 51.1 Å². The maximum absolute atomic E-state index is 6.13. The van der Waals surface area contributed by atoms with E-state index in [0.29, 0.717) is 0 Å². The van der Waals surface area contributed by atoms with Crippen LogP contribution in [-0.2, 0) is 12.8 Å². The van der Waals surface area contributed by atoms with Crippen molar-refractivity contribution >= 4 is 0 Å². The summed E-state index contributed by atoms with van der Waals surface area (Å²) in [5.41, 5.74) is 4.12. The molecule has 0 atom stereocenters. The first-order valence-corrected chi connectivity index (χ1v) is 8.44. The van der Waals surface area contributed by atoms with E-state index in [-0.39, 0.29) is 0 Å². The molecule has 1 aromatic heterocycles. The second-order valence-corrected chi connectivity index (χ2v) is 5.86. The van der Waals surface area contributed by atoms with E-state index in [1.165, 1.54) is 54.6 Å². The summed E-state index contributed by atoms with van der Waals surface area (Å²) in [6, 6.07) is 10.7. The van der Waals surface area contributed by atoms with Crippen LogP contribution in [0.3, 0.4) is 0 Å². The Balaban J connectivity index is 2.36. The number of furan rings is 1. The summed E-state index contributed by atoms with van der Waals surface area (Å²) in [6.45, 7) is 6.62. The van der Waals surface area contributed by atoms with Gasteiger partial charge in [-0.25, -0.2) is 0 Å². The van der Waals surface area contributed by atoms with E-state index in [9.17, 15) is 0 Å². The molecule has 2 rings (SSSR count). The Morgan fingerprint density at radius 2 is 1.57 bits per heavy atom. The van der Waals surface area contributed by atoms with Crippen LogP contribution in [0.1, 0.15) is 63.0 Å². The number of hydrogen-bond acceptors (Lipinski definition) is 1. The molecule has 0 saturated carbocycles. The molecule has 0 aliphatic carbocycles. The number of unbranched alkanes of at least 4 members (excludes halogenated alkanes) is 3. The molecule has 0 aliphatic heterocycles. The number of rotatable bonds is 8. The van der Waals surface area contributed by atoms with Gasteiger partial charge in [-0.05, 0) is 31.7 Å². The third-order valence-corrected chi connectivity index (χ3v) is 4.13. The summed E-state index contributed by atoms with van der Waals surface area (Å²) in [7, 11) is 0. The van der Waals surface area contributed by atoms with Crippen molar-refractivity contribution in [3.05, 3.63) is 47.4 Å². The fourth-order valence-corrected chi connectivity index (χ4v) is 2.95. The molecule has 0 saturated heterocycles. The molecule has 0 aliphatic rings. The summed E-state index contributed by atoms with van der Waals surface area (Å²) in [5.74, 6) is 2.31. The number of aryl methyl sites for hydroxylation is 2. The Hall–Kier alpha value is -1.50. The van der Waals surface area contributed by atoms with E-state index in [4.69, 9.17) is 4.42 Å². The van der Waals surface area contributed by atoms with E-state index < -0.39 is 0 Å². The van der Waals surface area contributed by atoms with Crippen molar-refractivity contribution in [3.63, 3.8) is 0 Å². The van der Waals surface area contributed by atoms with Crippen molar-refractivity contribution in [2.45, 2.75) is 65.7 Å². The monoisotopic (exact) mass is 284 g/mol. The molecule has 1 heterocycles. The number of benzene rings is 1. The summed E-state index contributed by atoms with van der Waals surface area (Å²) in [4.78, 5) is 0. The van der Waals surface area contributed by atoms with E-state index >= 15 is 0 Å². The SMILES string of the molecule is CCCCCc1c(C)oc(CCCC)c1-c1ccccc1. The second kappa shape index (κ2) is 8.07. The third kappa shape index (κ3) is 4.00. The zero-order valence-corrected chi connectivity index (χ0v) is 13.7. The average Bonchev–Trinajstić information content (AvgIpc) is 2.82. The summed E-state index contributed by atoms with van der Waals surface area (Å²) in [5, 5.41) is 0. The third-order valence-electron chi connectivity index (χ3n) is 4.13. The molecule has 21 heavy (non-hydrogen) atoms. The molecule has 0 unspecified atom stereocenters. The lowest BCUT2D eigenvalue weighted by atomic mass is 9.95.